The Kier molecular flexibility index (Phi) is 7.30. The van der Waals surface area contributed by atoms with Gasteiger partial charge < -0.3 is 28.8 Å². The first-order chi connectivity index (χ1) is 17.0. The van der Waals surface area contributed by atoms with Crippen molar-refractivity contribution in [1.82, 2.24) is 0 Å². The van der Waals surface area contributed by atoms with Gasteiger partial charge in [-0.05, 0) is 120 Å². The molecule has 0 aromatic heterocycles. The highest BCUT2D eigenvalue weighted by Crippen LogP contribution is 2.52. The van der Waals surface area contributed by atoms with Crippen molar-refractivity contribution in [3.05, 3.63) is 0 Å². The average Bonchev–Trinajstić information content (AvgIpc) is 3.52. The molecule has 5 fully saturated rings. The second-order valence-corrected chi connectivity index (χ2v) is 15.8. The Labute approximate surface area is 233 Å². The van der Waals surface area contributed by atoms with Crippen LogP contribution in [0, 0.1) is 0 Å². The summed E-state index contributed by atoms with van der Waals surface area (Å²) < 4.78 is 33.7. The van der Waals surface area contributed by atoms with Crippen molar-refractivity contribution in [2.45, 2.75) is 189 Å². The molecule has 7 unspecified atom stereocenters. The summed E-state index contributed by atoms with van der Waals surface area (Å²) in [6.07, 6.45) is 9.74. The molecule has 5 heterocycles. The minimum absolute atomic E-state index is 0.0253. The Hall–Kier alpha value is 0.240. The van der Waals surface area contributed by atoms with Crippen molar-refractivity contribution in [2.75, 3.05) is 0 Å². The molecule has 0 aliphatic carbocycles. The van der Waals surface area contributed by atoms with E-state index in [0.717, 1.165) is 64.2 Å². The van der Waals surface area contributed by atoms with E-state index in [0.29, 0.717) is 4.83 Å². The average molecular weight is 588 g/mol. The van der Waals surface area contributed by atoms with E-state index in [9.17, 15) is 5.11 Å². The van der Waals surface area contributed by atoms with E-state index in [1.165, 1.54) is 0 Å². The van der Waals surface area contributed by atoms with E-state index in [4.69, 9.17) is 23.7 Å². The van der Waals surface area contributed by atoms with Crippen molar-refractivity contribution in [3.63, 3.8) is 0 Å². The second-order valence-electron chi connectivity index (χ2n) is 14.7. The summed E-state index contributed by atoms with van der Waals surface area (Å²) in [4.78, 5) is 0.321. The Morgan fingerprint density at radius 3 is 1.73 bits per heavy atom. The summed E-state index contributed by atoms with van der Waals surface area (Å²) in [7, 11) is 0. The van der Waals surface area contributed by atoms with Crippen LogP contribution in [0.3, 0.4) is 0 Å². The van der Waals surface area contributed by atoms with Gasteiger partial charge in [0, 0.05) is 4.83 Å². The summed E-state index contributed by atoms with van der Waals surface area (Å²) in [6, 6.07) is 0. The van der Waals surface area contributed by atoms with Crippen molar-refractivity contribution < 1.29 is 28.8 Å². The van der Waals surface area contributed by atoms with Gasteiger partial charge in [-0.15, -0.1) is 0 Å². The number of alkyl halides is 1. The Bertz CT molecular complexity index is 859. The molecule has 0 radical (unpaired) electrons. The van der Waals surface area contributed by atoms with Crippen LogP contribution in [-0.4, -0.2) is 74.1 Å². The van der Waals surface area contributed by atoms with Crippen molar-refractivity contribution in [3.8, 4) is 0 Å². The van der Waals surface area contributed by atoms with Gasteiger partial charge in [0.2, 0.25) is 0 Å². The molecule has 0 aromatic carbocycles. The zero-order chi connectivity index (χ0) is 27.1. The Morgan fingerprint density at radius 2 is 1.11 bits per heavy atom. The van der Waals surface area contributed by atoms with Crippen LogP contribution < -0.4 is 0 Å². The maximum atomic E-state index is 10.5. The molecule has 0 saturated carbocycles. The normalized spacial score (nSPS) is 52.7. The third-order valence-corrected chi connectivity index (χ3v) is 12.2. The predicted molar refractivity (Wildman–Crippen MR) is 147 cm³/mol. The van der Waals surface area contributed by atoms with Crippen molar-refractivity contribution in [1.29, 1.82) is 0 Å². The Morgan fingerprint density at radius 1 is 0.622 bits per heavy atom. The largest absolute Gasteiger partial charge is 0.388 e. The lowest BCUT2D eigenvalue weighted by Gasteiger charge is -2.51. The Balaban J connectivity index is 1.23. The first kappa shape index (κ1) is 28.8. The highest BCUT2D eigenvalue weighted by Gasteiger charge is 2.58. The predicted octanol–water partition coefficient (Wildman–Crippen LogP) is 6.23. The molecule has 1 N–H and O–H groups in total. The molecule has 5 saturated heterocycles. The summed E-state index contributed by atoms with van der Waals surface area (Å²) in [5.41, 5.74) is -2.35. The number of fused-ring (bicyclic) bond motifs is 1. The van der Waals surface area contributed by atoms with E-state index < -0.39 is 5.60 Å². The molecule has 0 bridgehead atoms. The number of aliphatic hydroxyl groups is 1. The number of rotatable bonds is 4. The smallest absolute Gasteiger partial charge is 0.0924 e. The fourth-order valence-electron chi connectivity index (χ4n) is 7.85. The van der Waals surface area contributed by atoms with Crippen molar-refractivity contribution >= 4 is 15.9 Å². The lowest BCUT2D eigenvalue weighted by Crippen LogP contribution is -2.59. The lowest BCUT2D eigenvalue weighted by molar-refractivity contribution is -0.278. The van der Waals surface area contributed by atoms with E-state index >= 15 is 0 Å². The second kappa shape index (κ2) is 9.39. The van der Waals surface area contributed by atoms with E-state index in [-0.39, 0.29) is 58.5 Å². The molecule has 0 spiro atoms. The van der Waals surface area contributed by atoms with Gasteiger partial charge in [0.25, 0.3) is 0 Å². The minimum atomic E-state index is -0.833. The van der Waals surface area contributed by atoms with Crippen LogP contribution >= 0.6 is 15.9 Å². The van der Waals surface area contributed by atoms with Gasteiger partial charge in [-0.1, -0.05) is 15.9 Å². The van der Waals surface area contributed by atoms with E-state index in [1.54, 1.807) is 0 Å². The van der Waals surface area contributed by atoms with Crippen LogP contribution in [0.5, 0.6) is 0 Å². The van der Waals surface area contributed by atoms with Gasteiger partial charge in [-0.3, -0.25) is 0 Å². The molecule has 5 aliphatic rings. The molecule has 5 rings (SSSR count). The molecule has 37 heavy (non-hydrogen) atoms. The van der Waals surface area contributed by atoms with Crippen LogP contribution in [0.2, 0.25) is 0 Å². The topological polar surface area (TPSA) is 66.4 Å². The van der Waals surface area contributed by atoms with Gasteiger partial charge in [-0.25, -0.2) is 0 Å². The maximum absolute atomic E-state index is 10.5. The minimum Gasteiger partial charge on any atom is -0.388 e. The highest BCUT2D eigenvalue weighted by atomic mass is 79.9. The van der Waals surface area contributed by atoms with Gasteiger partial charge in [0.1, 0.15) is 0 Å². The molecule has 0 aromatic rings. The molecule has 10 atom stereocenters. The maximum Gasteiger partial charge on any atom is 0.0924 e. The zero-order valence-electron chi connectivity index (χ0n) is 24.4. The summed E-state index contributed by atoms with van der Waals surface area (Å²) in [6.45, 7) is 17.0. The van der Waals surface area contributed by atoms with Gasteiger partial charge >= 0.3 is 0 Å². The van der Waals surface area contributed by atoms with Crippen molar-refractivity contribution in [2.24, 2.45) is 0 Å². The summed E-state index contributed by atoms with van der Waals surface area (Å²) >= 11 is 3.87. The third kappa shape index (κ3) is 5.22. The van der Waals surface area contributed by atoms with Crippen LogP contribution in [-0.2, 0) is 23.7 Å². The number of hydrogen-bond acceptors (Lipinski definition) is 6. The summed E-state index contributed by atoms with van der Waals surface area (Å²) in [5.74, 6) is 0. The van der Waals surface area contributed by atoms with Gasteiger partial charge in [0.15, 0.2) is 0 Å². The third-order valence-electron chi connectivity index (χ3n) is 10.6. The number of halogens is 1. The molecule has 5 aliphatic heterocycles. The molecule has 6 nitrogen and oxygen atoms in total. The molecular weight excluding hydrogens is 536 g/mol. The first-order valence-electron chi connectivity index (χ1n) is 14.7. The van der Waals surface area contributed by atoms with E-state index in [2.05, 4.69) is 57.5 Å². The fourth-order valence-corrected chi connectivity index (χ4v) is 8.19. The SMILES string of the molecule is CC(C)(O)C1CCC(C)(C2CCC(C)(C3CCC(C4(C)CC[C@@H]5OC(C)(C)[C@H](Br)CC[C@@]5(C)O4)O3)O2)O1. The van der Waals surface area contributed by atoms with Gasteiger partial charge in [0.05, 0.1) is 64.1 Å². The van der Waals surface area contributed by atoms with Crippen LogP contribution in [0.15, 0.2) is 0 Å². The standard InChI is InChI=1S/C30H51BrO6/c1-25(2,32)20-12-16-28(6,35-20)23-13-17-27(5,36-23)21-9-10-22(33-21)29(7)18-14-24-30(8,37-29)15-11-19(31)26(3,4)34-24/h19-24,32H,9-18H2,1-8H3/t19-,20?,21?,22?,23?,24+,27?,28?,29?,30-/m1/s1. The van der Waals surface area contributed by atoms with Gasteiger partial charge in [-0.2, -0.15) is 0 Å². The van der Waals surface area contributed by atoms with Crippen LogP contribution in [0.25, 0.3) is 0 Å². The quantitative estimate of drug-likeness (QED) is 0.394. The van der Waals surface area contributed by atoms with E-state index in [1.807, 2.05) is 13.8 Å². The summed E-state index contributed by atoms with van der Waals surface area (Å²) in [5, 5.41) is 10.5. The fraction of sp³-hybridized carbons (Fsp3) is 1.00. The molecular formula is C30H51BrO6. The lowest BCUT2D eigenvalue weighted by atomic mass is 9.79. The monoisotopic (exact) mass is 586 g/mol. The first-order valence-corrected chi connectivity index (χ1v) is 15.7. The molecule has 0 amide bonds. The highest BCUT2D eigenvalue weighted by molar-refractivity contribution is 9.09. The molecule has 7 heteroatoms. The van der Waals surface area contributed by atoms with Crippen LogP contribution in [0.1, 0.15) is 120 Å². The number of ether oxygens (including phenoxy) is 5. The van der Waals surface area contributed by atoms with Crippen LogP contribution in [0.4, 0.5) is 0 Å². The number of hydrogen-bond donors (Lipinski definition) is 1. The molecule has 214 valence electrons. The zero-order valence-corrected chi connectivity index (χ0v) is 26.0.